The van der Waals surface area contributed by atoms with Gasteiger partial charge in [0.2, 0.25) is 0 Å². The number of ether oxygens (including phenoxy) is 1. The smallest absolute Gasteiger partial charge is 0.131 e. The van der Waals surface area contributed by atoms with E-state index in [1.165, 1.54) is 12.3 Å². The van der Waals surface area contributed by atoms with Crippen molar-refractivity contribution in [2.45, 2.75) is 6.61 Å². The van der Waals surface area contributed by atoms with E-state index in [9.17, 15) is 4.39 Å². The highest BCUT2D eigenvalue weighted by molar-refractivity contribution is 6.30. The summed E-state index contributed by atoms with van der Waals surface area (Å²) in [7, 11) is 0. The number of benzene rings is 2. The number of halogens is 2. The van der Waals surface area contributed by atoms with Crippen LogP contribution in [0.15, 0.2) is 47.6 Å². The number of nitrogens with zero attached hydrogens (tertiary/aromatic N) is 1. The lowest BCUT2D eigenvalue weighted by atomic mass is 10.2. The number of hydrazone groups is 1. The van der Waals surface area contributed by atoms with E-state index in [1.807, 2.05) is 12.1 Å². The number of hydrogen-bond acceptors (Lipinski definition) is 3. The maximum Gasteiger partial charge on any atom is 0.131 e. The van der Waals surface area contributed by atoms with Crippen LogP contribution in [0, 0.1) is 5.82 Å². The molecular formula is C14H12ClFN2O. The van der Waals surface area contributed by atoms with Crippen molar-refractivity contribution in [3.05, 3.63) is 64.4 Å². The zero-order valence-electron chi connectivity index (χ0n) is 10.0. The molecule has 0 aliphatic heterocycles. The summed E-state index contributed by atoms with van der Waals surface area (Å²) in [5.41, 5.74) is 1.32. The lowest BCUT2D eigenvalue weighted by molar-refractivity contribution is 0.300. The van der Waals surface area contributed by atoms with Gasteiger partial charge in [-0.2, -0.15) is 5.10 Å². The molecule has 0 saturated heterocycles. The average molecular weight is 279 g/mol. The van der Waals surface area contributed by atoms with Gasteiger partial charge in [-0.05, 0) is 42.0 Å². The maximum absolute atomic E-state index is 13.5. The van der Waals surface area contributed by atoms with Crippen LogP contribution in [0.1, 0.15) is 11.1 Å². The van der Waals surface area contributed by atoms with E-state index in [4.69, 9.17) is 22.2 Å². The monoisotopic (exact) mass is 278 g/mol. The minimum atomic E-state index is -0.376. The molecule has 0 atom stereocenters. The van der Waals surface area contributed by atoms with Crippen LogP contribution in [0.5, 0.6) is 5.75 Å². The molecule has 2 N–H and O–H groups in total. The molecule has 0 unspecified atom stereocenters. The quantitative estimate of drug-likeness (QED) is 0.530. The number of hydrogen-bond donors (Lipinski definition) is 1. The second-order valence-corrected chi connectivity index (χ2v) is 4.31. The molecule has 0 bridgehead atoms. The summed E-state index contributed by atoms with van der Waals surface area (Å²) in [5.74, 6) is 5.31. The van der Waals surface area contributed by atoms with Gasteiger partial charge < -0.3 is 10.6 Å². The molecule has 5 heteroatoms. The minimum Gasteiger partial charge on any atom is -0.489 e. The van der Waals surface area contributed by atoms with Crippen molar-refractivity contribution in [3.8, 4) is 5.75 Å². The summed E-state index contributed by atoms with van der Waals surface area (Å²) in [4.78, 5) is 0. The second kappa shape index (κ2) is 6.20. The summed E-state index contributed by atoms with van der Waals surface area (Å²) in [6.07, 6.45) is 1.53. The van der Waals surface area contributed by atoms with Crippen molar-refractivity contribution in [3.63, 3.8) is 0 Å². The van der Waals surface area contributed by atoms with Gasteiger partial charge in [-0.3, -0.25) is 0 Å². The van der Waals surface area contributed by atoms with E-state index < -0.39 is 0 Å². The highest BCUT2D eigenvalue weighted by atomic mass is 35.5. The Morgan fingerprint density at radius 3 is 2.58 bits per heavy atom. The Labute approximate surface area is 115 Å². The van der Waals surface area contributed by atoms with Crippen LogP contribution in [0.3, 0.4) is 0 Å². The lowest BCUT2D eigenvalue weighted by Crippen LogP contribution is -1.98. The van der Waals surface area contributed by atoms with Crippen LogP contribution in [0.4, 0.5) is 4.39 Å². The topological polar surface area (TPSA) is 47.6 Å². The fourth-order valence-corrected chi connectivity index (χ4v) is 1.69. The van der Waals surface area contributed by atoms with E-state index in [0.29, 0.717) is 16.3 Å². The van der Waals surface area contributed by atoms with Crippen molar-refractivity contribution in [2.24, 2.45) is 10.9 Å². The molecule has 98 valence electrons. The predicted molar refractivity (Wildman–Crippen MR) is 74.0 cm³/mol. The molecule has 0 aliphatic carbocycles. The molecule has 0 aliphatic rings. The maximum atomic E-state index is 13.5. The molecule has 19 heavy (non-hydrogen) atoms. The number of nitrogens with two attached hydrogens (primary N) is 1. The van der Waals surface area contributed by atoms with E-state index >= 15 is 0 Å². The molecule has 0 aromatic heterocycles. The Bertz CT molecular complexity index is 584. The van der Waals surface area contributed by atoms with Gasteiger partial charge in [0.15, 0.2) is 0 Å². The Hall–Kier alpha value is -2.07. The number of rotatable bonds is 4. The predicted octanol–water partition coefficient (Wildman–Crippen LogP) is 3.35. The molecule has 3 nitrogen and oxygen atoms in total. The Morgan fingerprint density at radius 1 is 1.21 bits per heavy atom. The van der Waals surface area contributed by atoms with E-state index in [0.717, 1.165) is 5.56 Å². The van der Waals surface area contributed by atoms with E-state index in [1.54, 1.807) is 24.3 Å². The Balaban J connectivity index is 2.02. The SMILES string of the molecule is NN=Cc1ccc(OCc2ccc(Cl)cc2F)cc1. The van der Waals surface area contributed by atoms with Crippen LogP contribution in [0.2, 0.25) is 5.02 Å². The first kappa shape index (κ1) is 13.4. The second-order valence-electron chi connectivity index (χ2n) is 3.87. The fraction of sp³-hybridized carbons (Fsp3) is 0.0714. The molecule has 0 spiro atoms. The summed E-state index contributed by atoms with van der Waals surface area (Å²) < 4.78 is 19.0. The third kappa shape index (κ3) is 3.69. The van der Waals surface area contributed by atoms with Crippen molar-refractivity contribution in [2.75, 3.05) is 0 Å². The largest absolute Gasteiger partial charge is 0.489 e. The molecule has 0 radical (unpaired) electrons. The Kier molecular flexibility index (Phi) is 4.36. The van der Waals surface area contributed by atoms with Gasteiger partial charge in [0, 0.05) is 10.6 Å². The molecule has 0 fully saturated rings. The molecule has 0 saturated carbocycles. The normalized spacial score (nSPS) is 10.8. The third-order valence-electron chi connectivity index (χ3n) is 2.51. The molecule has 0 heterocycles. The molecule has 2 aromatic carbocycles. The standard InChI is InChI=1S/C14H12ClFN2O/c15-12-4-3-11(14(16)7-12)9-19-13-5-1-10(2-6-13)8-18-17/h1-8H,9,17H2. The average Bonchev–Trinajstić information content (AvgIpc) is 2.40. The molecule has 2 aromatic rings. The van der Waals surface area contributed by atoms with E-state index in [2.05, 4.69) is 5.10 Å². The Morgan fingerprint density at radius 2 is 1.95 bits per heavy atom. The summed E-state index contributed by atoms with van der Waals surface area (Å²) in [6, 6.07) is 11.7. The summed E-state index contributed by atoms with van der Waals surface area (Å²) in [6.45, 7) is 0.146. The summed E-state index contributed by atoms with van der Waals surface area (Å²) >= 11 is 5.68. The zero-order chi connectivity index (χ0) is 13.7. The van der Waals surface area contributed by atoms with Gasteiger partial charge in [0.25, 0.3) is 0 Å². The third-order valence-corrected chi connectivity index (χ3v) is 2.75. The van der Waals surface area contributed by atoms with Crippen molar-refractivity contribution >= 4 is 17.8 Å². The van der Waals surface area contributed by atoms with Gasteiger partial charge in [0.1, 0.15) is 18.2 Å². The first-order valence-electron chi connectivity index (χ1n) is 5.59. The highest BCUT2D eigenvalue weighted by Gasteiger charge is 2.03. The van der Waals surface area contributed by atoms with Crippen LogP contribution in [-0.4, -0.2) is 6.21 Å². The highest BCUT2D eigenvalue weighted by Crippen LogP contribution is 2.18. The fourth-order valence-electron chi connectivity index (χ4n) is 1.54. The zero-order valence-corrected chi connectivity index (χ0v) is 10.8. The van der Waals surface area contributed by atoms with Crippen molar-refractivity contribution in [1.82, 2.24) is 0 Å². The molecular weight excluding hydrogens is 267 g/mol. The van der Waals surface area contributed by atoms with Crippen LogP contribution in [0.25, 0.3) is 0 Å². The van der Waals surface area contributed by atoms with Gasteiger partial charge >= 0.3 is 0 Å². The van der Waals surface area contributed by atoms with Crippen molar-refractivity contribution in [1.29, 1.82) is 0 Å². The van der Waals surface area contributed by atoms with Crippen LogP contribution in [-0.2, 0) is 6.61 Å². The van der Waals surface area contributed by atoms with Gasteiger partial charge in [-0.1, -0.05) is 17.7 Å². The van der Waals surface area contributed by atoms with Crippen LogP contribution >= 0.6 is 11.6 Å². The molecule has 0 amide bonds. The van der Waals surface area contributed by atoms with Crippen molar-refractivity contribution < 1.29 is 9.13 Å². The lowest BCUT2D eigenvalue weighted by Gasteiger charge is -2.07. The molecule has 2 rings (SSSR count). The first-order valence-corrected chi connectivity index (χ1v) is 5.97. The minimum absolute atomic E-state index is 0.146. The van der Waals surface area contributed by atoms with E-state index in [-0.39, 0.29) is 12.4 Å². The first-order chi connectivity index (χ1) is 9.19. The van der Waals surface area contributed by atoms with Gasteiger partial charge in [-0.25, -0.2) is 4.39 Å². The van der Waals surface area contributed by atoms with Crippen LogP contribution < -0.4 is 10.6 Å². The van der Waals surface area contributed by atoms with Gasteiger partial charge in [-0.15, -0.1) is 0 Å². The van der Waals surface area contributed by atoms with Gasteiger partial charge in [0.05, 0.1) is 6.21 Å². The summed E-state index contributed by atoms with van der Waals surface area (Å²) in [5, 5.41) is 3.79.